The van der Waals surface area contributed by atoms with Crippen molar-refractivity contribution in [1.82, 2.24) is 9.80 Å². The number of rotatable bonds is 0. The van der Waals surface area contributed by atoms with Crippen LogP contribution in [0, 0.1) is 11.3 Å². The maximum atomic E-state index is 14.1. The lowest BCUT2D eigenvalue weighted by Gasteiger charge is -2.67. The molecule has 0 radical (unpaired) electrons. The van der Waals surface area contributed by atoms with Crippen molar-refractivity contribution in [2.24, 2.45) is 11.3 Å². The third kappa shape index (κ3) is 2.28. The molecule has 6 heterocycles. The monoisotopic (exact) mass is 478 g/mol. The molecule has 6 aliphatic heterocycles. The molecular formula is C28H35N3O4. The molecule has 4 atom stereocenters. The summed E-state index contributed by atoms with van der Waals surface area (Å²) in [5, 5.41) is 3.23. The van der Waals surface area contributed by atoms with Gasteiger partial charge in [-0.1, -0.05) is 19.9 Å². The molecule has 0 unspecified atom stereocenters. The first-order valence-corrected chi connectivity index (χ1v) is 13.0. The number of nitrogens with zero attached hydrogens (tertiary/aromatic N) is 2. The first-order chi connectivity index (χ1) is 16.5. The number of fused-ring (bicyclic) bond motifs is 5. The van der Waals surface area contributed by atoms with Gasteiger partial charge in [0.2, 0.25) is 11.8 Å². The molecule has 7 aliphatic rings. The van der Waals surface area contributed by atoms with E-state index in [9.17, 15) is 9.59 Å². The van der Waals surface area contributed by atoms with Crippen LogP contribution in [0.4, 0.5) is 5.69 Å². The van der Waals surface area contributed by atoms with Crippen LogP contribution in [0.5, 0.6) is 11.5 Å². The van der Waals surface area contributed by atoms with Crippen LogP contribution in [-0.2, 0) is 15.0 Å². The fraction of sp³-hybridized carbons (Fsp3) is 0.643. The van der Waals surface area contributed by atoms with E-state index in [1.54, 1.807) is 6.26 Å². The number of ether oxygens (including phenoxy) is 2. The molecule has 4 saturated heterocycles. The lowest BCUT2D eigenvalue weighted by molar-refractivity contribution is -0.196. The highest BCUT2D eigenvalue weighted by molar-refractivity contribution is 6.09. The van der Waals surface area contributed by atoms with Gasteiger partial charge in [0.1, 0.15) is 11.1 Å². The number of piperidine rings is 3. The van der Waals surface area contributed by atoms with Crippen LogP contribution in [0.2, 0.25) is 0 Å². The zero-order chi connectivity index (χ0) is 24.6. The van der Waals surface area contributed by atoms with Gasteiger partial charge in [-0.3, -0.25) is 14.5 Å². The average Bonchev–Trinajstić information content (AvgIpc) is 3.12. The summed E-state index contributed by atoms with van der Waals surface area (Å²) in [5.41, 5.74) is -0.657. The molecular weight excluding hydrogens is 443 g/mol. The molecule has 0 aromatic heterocycles. The van der Waals surface area contributed by atoms with Crippen molar-refractivity contribution in [2.45, 2.75) is 81.9 Å². The summed E-state index contributed by atoms with van der Waals surface area (Å²) < 4.78 is 12.3. The van der Waals surface area contributed by atoms with E-state index >= 15 is 0 Å². The summed E-state index contributed by atoms with van der Waals surface area (Å²) in [4.78, 5) is 32.5. The third-order valence-electron chi connectivity index (χ3n) is 10.7. The number of piperazine rings is 1. The van der Waals surface area contributed by atoms with Gasteiger partial charge in [0.25, 0.3) is 0 Å². The second-order valence-electron chi connectivity index (χ2n) is 12.8. The summed E-state index contributed by atoms with van der Waals surface area (Å²) in [6, 6.07) is 4.02. The van der Waals surface area contributed by atoms with Crippen LogP contribution in [0.1, 0.15) is 65.4 Å². The fourth-order valence-electron chi connectivity index (χ4n) is 8.90. The number of carbonyl (C=O) groups excluding carboxylic acids is 2. The lowest BCUT2D eigenvalue weighted by Crippen LogP contribution is -2.80. The van der Waals surface area contributed by atoms with E-state index in [1.165, 1.54) is 0 Å². The van der Waals surface area contributed by atoms with Crippen LogP contribution in [-0.4, -0.2) is 58.4 Å². The minimum absolute atomic E-state index is 0.0190. The Morgan fingerprint density at radius 3 is 2.71 bits per heavy atom. The second kappa shape index (κ2) is 6.23. The normalized spacial score (nSPS) is 39.8. The molecule has 1 aromatic rings. The largest absolute Gasteiger partial charge is 0.480 e. The smallest absolute Gasteiger partial charge is 0.243 e. The molecule has 1 saturated carbocycles. The average molecular weight is 479 g/mol. The van der Waals surface area contributed by atoms with Crippen LogP contribution < -0.4 is 14.8 Å². The zero-order valence-corrected chi connectivity index (χ0v) is 21.4. The summed E-state index contributed by atoms with van der Waals surface area (Å²) in [5.74, 6) is 1.72. The van der Waals surface area contributed by atoms with Gasteiger partial charge in [-0.05, 0) is 81.5 Å². The van der Waals surface area contributed by atoms with E-state index in [1.807, 2.05) is 33.0 Å². The molecule has 35 heavy (non-hydrogen) atoms. The molecule has 5 fully saturated rings. The molecule has 3 spiro atoms. The molecule has 2 amide bonds. The Kier molecular flexibility index (Phi) is 3.86. The van der Waals surface area contributed by atoms with Crippen LogP contribution in [0.3, 0.4) is 0 Å². The quantitative estimate of drug-likeness (QED) is 0.574. The number of hydrogen-bond acceptors (Lipinski definition) is 5. The summed E-state index contributed by atoms with van der Waals surface area (Å²) >= 11 is 0. The van der Waals surface area contributed by atoms with E-state index in [4.69, 9.17) is 9.47 Å². The van der Waals surface area contributed by atoms with E-state index in [0.717, 1.165) is 50.0 Å². The number of likely N-dealkylation sites (N-methyl/N-ethyl adjacent to an activating group) is 1. The summed E-state index contributed by atoms with van der Waals surface area (Å²) in [7, 11) is 1.99. The van der Waals surface area contributed by atoms with Crippen LogP contribution in [0.15, 0.2) is 24.5 Å². The maximum absolute atomic E-state index is 14.1. The molecule has 8 rings (SSSR count). The first kappa shape index (κ1) is 21.7. The fourth-order valence-corrected chi connectivity index (χ4v) is 8.90. The Bertz CT molecular complexity index is 1220. The molecule has 1 aliphatic carbocycles. The van der Waals surface area contributed by atoms with Gasteiger partial charge in [-0.15, -0.1) is 0 Å². The summed E-state index contributed by atoms with van der Waals surface area (Å²) in [6.07, 6.45) is 8.18. The van der Waals surface area contributed by atoms with Gasteiger partial charge in [0.15, 0.2) is 11.5 Å². The highest BCUT2D eigenvalue weighted by Gasteiger charge is 2.79. The Morgan fingerprint density at radius 1 is 1.11 bits per heavy atom. The van der Waals surface area contributed by atoms with Crippen LogP contribution >= 0.6 is 0 Å². The van der Waals surface area contributed by atoms with E-state index in [-0.39, 0.29) is 28.7 Å². The number of amides is 2. The van der Waals surface area contributed by atoms with E-state index in [2.05, 4.69) is 35.0 Å². The molecule has 1 aromatic carbocycles. The van der Waals surface area contributed by atoms with Gasteiger partial charge in [0, 0.05) is 13.6 Å². The van der Waals surface area contributed by atoms with Crippen molar-refractivity contribution in [3.05, 3.63) is 30.0 Å². The molecule has 186 valence electrons. The predicted molar refractivity (Wildman–Crippen MR) is 131 cm³/mol. The lowest BCUT2D eigenvalue weighted by atomic mass is 9.56. The number of carbonyl (C=O) groups is 2. The Labute approximate surface area is 206 Å². The molecule has 7 heteroatoms. The van der Waals surface area contributed by atoms with Crippen molar-refractivity contribution in [1.29, 1.82) is 0 Å². The van der Waals surface area contributed by atoms with Gasteiger partial charge < -0.3 is 19.7 Å². The zero-order valence-electron chi connectivity index (χ0n) is 21.4. The van der Waals surface area contributed by atoms with Gasteiger partial charge in [-0.2, -0.15) is 0 Å². The Hall–Kier alpha value is -2.54. The Morgan fingerprint density at radius 2 is 1.91 bits per heavy atom. The molecule has 1 N–H and O–H groups in total. The molecule has 7 nitrogen and oxygen atoms in total. The second-order valence-corrected chi connectivity index (χ2v) is 12.8. The van der Waals surface area contributed by atoms with Crippen LogP contribution in [0.25, 0.3) is 0 Å². The van der Waals surface area contributed by atoms with Gasteiger partial charge in [0.05, 0.1) is 22.9 Å². The highest BCUT2D eigenvalue weighted by atomic mass is 16.5. The maximum Gasteiger partial charge on any atom is 0.243 e. The first-order valence-electron chi connectivity index (χ1n) is 13.0. The summed E-state index contributed by atoms with van der Waals surface area (Å²) in [6.45, 7) is 10.3. The minimum atomic E-state index is -0.744. The Balaban J connectivity index is 1.41. The van der Waals surface area contributed by atoms with Gasteiger partial charge in [-0.25, -0.2) is 0 Å². The van der Waals surface area contributed by atoms with Crippen molar-refractivity contribution in [3.63, 3.8) is 0 Å². The van der Waals surface area contributed by atoms with E-state index < -0.39 is 16.6 Å². The molecule has 2 bridgehead atoms. The number of anilines is 1. The number of nitrogens with one attached hydrogen (secondary N) is 1. The van der Waals surface area contributed by atoms with Crippen molar-refractivity contribution in [2.75, 3.05) is 25.5 Å². The standard InChI is InChI=1S/C28H35N3O4/c1-24(2)11-13-34-21-18(35-24)9-8-17-20(21)29-22(32)28(17)15-27-16-31-12-7-6-10-26(31,23(33)30(27)5)14-19(27)25(28,3)4/h8-9,11,13,19H,6-7,10,12,14-16H2,1-5H3,(H,29,32)/t19-,26-,27+,28-/m0/s1/i5+1. The predicted octanol–water partition coefficient (Wildman–Crippen LogP) is 3.83. The minimum Gasteiger partial charge on any atom is -0.480 e. The third-order valence-corrected chi connectivity index (χ3v) is 10.7. The van der Waals surface area contributed by atoms with Crippen molar-refractivity contribution < 1.29 is 19.1 Å². The number of hydrogen-bond donors (Lipinski definition) is 1. The number of benzene rings is 1. The SMILES string of the molecule is CC1(C)C=COc2c(ccc3c2NC(=O)[C@]32C[C@@]34CN5CCCC[C@]5(C[C@H]3C2(C)C)C(=O)N4[13CH3])O1. The van der Waals surface area contributed by atoms with Gasteiger partial charge >= 0.3 is 0 Å². The highest BCUT2D eigenvalue weighted by Crippen LogP contribution is 2.72. The van der Waals surface area contributed by atoms with Crippen molar-refractivity contribution in [3.8, 4) is 11.5 Å². The topological polar surface area (TPSA) is 71.1 Å². The van der Waals surface area contributed by atoms with E-state index in [0.29, 0.717) is 17.9 Å². The van der Waals surface area contributed by atoms with Crippen molar-refractivity contribution >= 4 is 17.5 Å².